The zero-order chi connectivity index (χ0) is 20.2. The van der Waals surface area contributed by atoms with Gasteiger partial charge >= 0.3 is 0 Å². The maximum Gasteiger partial charge on any atom is 0.274 e. The van der Waals surface area contributed by atoms with Crippen molar-refractivity contribution in [3.63, 3.8) is 0 Å². The SMILES string of the molecule is O=[N+]([O-])/C=C(\NCCSCc1cc(Br)no1)NCCSCc1ncccc1Cl. The summed E-state index contributed by atoms with van der Waals surface area (Å²) in [7, 11) is 0. The Balaban J connectivity index is 1.62. The molecule has 2 aromatic rings. The Labute approximate surface area is 184 Å². The van der Waals surface area contributed by atoms with Gasteiger partial charge in [0.05, 0.1) is 21.4 Å². The summed E-state index contributed by atoms with van der Waals surface area (Å²) in [5.41, 5.74) is 0.837. The summed E-state index contributed by atoms with van der Waals surface area (Å²) in [5.74, 6) is 4.08. The molecule has 0 unspecified atom stereocenters. The number of nitrogens with one attached hydrogen (secondary N) is 2. The van der Waals surface area contributed by atoms with E-state index >= 15 is 0 Å². The van der Waals surface area contributed by atoms with Crippen LogP contribution in [0.1, 0.15) is 11.5 Å². The van der Waals surface area contributed by atoms with Crippen molar-refractivity contribution in [2.45, 2.75) is 11.5 Å². The number of pyridine rings is 1. The molecule has 0 saturated heterocycles. The molecule has 12 heteroatoms. The summed E-state index contributed by atoms with van der Waals surface area (Å²) in [4.78, 5) is 14.5. The van der Waals surface area contributed by atoms with Gasteiger partial charge in [-0.2, -0.15) is 23.5 Å². The number of halogens is 2. The molecule has 0 aliphatic heterocycles. The number of hydrogen-bond donors (Lipinski definition) is 2. The van der Waals surface area contributed by atoms with Gasteiger partial charge in [-0.05, 0) is 28.1 Å². The number of nitrogens with zero attached hydrogens (tertiary/aromatic N) is 3. The third-order valence-electron chi connectivity index (χ3n) is 3.21. The second kappa shape index (κ2) is 12.9. The highest BCUT2D eigenvalue weighted by molar-refractivity contribution is 9.10. The molecular weight excluding hydrogens is 490 g/mol. The zero-order valence-electron chi connectivity index (χ0n) is 14.8. The Morgan fingerprint density at radius 3 is 2.64 bits per heavy atom. The van der Waals surface area contributed by atoms with Crippen molar-refractivity contribution >= 4 is 51.1 Å². The van der Waals surface area contributed by atoms with Gasteiger partial charge < -0.3 is 15.2 Å². The average molecular weight is 509 g/mol. The Morgan fingerprint density at radius 1 is 1.32 bits per heavy atom. The standard InChI is InChI=1S/C16H19BrClN5O3S2/c17-15-8-12(26-22-15)10-27-6-4-20-16(9-23(24)25)21-5-7-28-11-14-13(18)2-1-3-19-14/h1-3,8-9,20-21H,4-7,10-11H2/b16-9+. The minimum atomic E-state index is -0.477. The topological polar surface area (TPSA) is 106 Å². The van der Waals surface area contributed by atoms with E-state index in [2.05, 4.69) is 36.7 Å². The molecule has 0 aliphatic rings. The quantitative estimate of drug-likeness (QED) is 0.237. The van der Waals surface area contributed by atoms with Crippen LogP contribution in [-0.2, 0) is 11.5 Å². The Hall–Kier alpha value is -1.43. The van der Waals surface area contributed by atoms with E-state index in [1.165, 1.54) is 0 Å². The lowest BCUT2D eigenvalue weighted by Crippen LogP contribution is -2.30. The van der Waals surface area contributed by atoms with Gasteiger partial charge in [0.1, 0.15) is 10.4 Å². The maximum absolute atomic E-state index is 10.8. The molecule has 2 rings (SSSR count). The predicted octanol–water partition coefficient (Wildman–Crippen LogP) is 3.91. The normalized spacial score (nSPS) is 11.4. The smallest absolute Gasteiger partial charge is 0.274 e. The minimum Gasteiger partial charge on any atom is -0.366 e. The van der Waals surface area contributed by atoms with Crippen molar-refractivity contribution in [3.05, 3.63) is 67.6 Å². The largest absolute Gasteiger partial charge is 0.366 e. The first-order valence-electron chi connectivity index (χ1n) is 8.23. The maximum atomic E-state index is 10.8. The molecular formula is C16H19BrClN5O3S2. The lowest BCUT2D eigenvalue weighted by molar-refractivity contribution is -0.404. The molecule has 0 amide bonds. The van der Waals surface area contributed by atoms with Gasteiger partial charge in [-0.3, -0.25) is 15.1 Å². The van der Waals surface area contributed by atoms with Gasteiger partial charge in [0.15, 0.2) is 5.82 Å². The first-order valence-corrected chi connectivity index (χ1v) is 11.7. The molecule has 0 spiro atoms. The lowest BCUT2D eigenvalue weighted by Gasteiger charge is -2.11. The van der Waals surface area contributed by atoms with E-state index in [1.54, 1.807) is 35.8 Å². The molecule has 0 aliphatic carbocycles. The molecule has 0 aromatic carbocycles. The van der Waals surface area contributed by atoms with Crippen LogP contribution in [-0.4, -0.2) is 39.7 Å². The van der Waals surface area contributed by atoms with Crippen molar-refractivity contribution in [3.8, 4) is 0 Å². The van der Waals surface area contributed by atoms with Crippen LogP contribution in [0.5, 0.6) is 0 Å². The molecule has 8 nitrogen and oxygen atoms in total. The van der Waals surface area contributed by atoms with Crippen molar-refractivity contribution < 1.29 is 9.45 Å². The first-order chi connectivity index (χ1) is 13.5. The number of aromatic nitrogens is 2. The van der Waals surface area contributed by atoms with Crippen LogP contribution in [0.2, 0.25) is 5.02 Å². The molecule has 2 aromatic heterocycles. The van der Waals surface area contributed by atoms with E-state index < -0.39 is 4.92 Å². The third-order valence-corrected chi connectivity index (χ3v) is 5.88. The lowest BCUT2D eigenvalue weighted by atomic mass is 10.4. The van der Waals surface area contributed by atoms with Crippen LogP contribution < -0.4 is 10.6 Å². The summed E-state index contributed by atoms with van der Waals surface area (Å²) >= 11 is 12.6. The summed E-state index contributed by atoms with van der Waals surface area (Å²) in [6.45, 7) is 1.17. The molecule has 2 N–H and O–H groups in total. The molecule has 0 saturated carbocycles. The van der Waals surface area contributed by atoms with Crippen LogP contribution in [0, 0.1) is 10.1 Å². The monoisotopic (exact) mass is 507 g/mol. The number of rotatable bonds is 13. The second-order valence-electron chi connectivity index (χ2n) is 5.33. The van der Waals surface area contributed by atoms with E-state index in [0.717, 1.165) is 29.2 Å². The van der Waals surface area contributed by atoms with Gasteiger partial charge in [-0.1, -0.05) is 16.8 Å². The average Bonchev–Trinajstić information content (AvgIpc) is 3.07. The van der Waals surface area contributed by atoms with E-state index in [-0.39, 0.29) is 0 Å². The van der Waals surface area contributed by atoms with E-state index in [0.29, 0.717) is 40.0 Å². The number of nitro groups is 1. The van der Waals surface area contributed by atoms with E-state index in [1.807, 2.05) is 12.1 Å². The molecule has 0 bridgehead atoms. The fourth-order valence-corrected chi connectivity index (χ4v) is 4.13. The van der Waals surface area contributed by atoms with Gasteiger partial charge in [0.25, 0.3) is 6.20 Å². The fraction of sp³-hybridized carbons (Fsp3) is 0.375. The minimum absolute atomic E-state index is 0.393. The van der Waals surface area contributed by atoms with Crippen LogP contribution >= 0.6 is 51.1 Å². The highest BCUT2D eigenvalue weighted by atomic mass is 79.9. The molecule has 0 radical (unpaired) electrons. The molecule has 28 heavy (non-hydrogen) atoms. The third kappa shape index (κ3) is 9.18. The summed E-state index contributed by atoms with van der Waals surface area (Å²) in [6, 6.07) is 5.42. The van der Waals surface area contributed by atoms with Crippen LogP contribution in [0.15, 0.2) is 45.5 Å². The van der Waals surface area contributed by atoms with Crippen molar-refractivity contribution in [2.75, 3.05) is 24.6 Å². The molecule has 0 fully saturated rings. The van der Waals surface area contributed by atoms with E-state index in [9.17, 15) is 10.1 Å². The van der Waals surface area contributed by atoms with Gasteiger partial charge in [-0.25, -0.2) is 0 Å². The van der Waals surface area contributed by atoms with Crippen molar-refractivity contribution in [2.24, 2.45) is 0 Å². The summed E-state index contributed by atoms with van der Waals surface area (Å²) in [6.07, 6.45) is 2.65. The van der Waals surface area contributed by atoms with Crippen LogP contribution in [0.4, 0.5) is 0 Å². The van der Waals surface area contributed by atoms with Gasteiger partial charge in [0.2, 0.25) is 0 Å². The summed E-state index contributed by atoms with van der Waals surface area (Å²) < 4.78 is 5.76. The van der Waals surface area contributed by atoms with Crippen LogP contribution in [0.25, 0.3) is 0 Å². The van der Waals surface area contributed by atoms with Crippen molar-refractivity contribution in [1.29, 1.82) is 0 Å². The van der Waals surface area contributed by atoms with Gasteiger partial charge in [-0.15, -0.1) is 0 Å². The van der Waals surface area contributed by atoms with Crippen molar-refractivity contribution in [1.82, 2.24) is 20.8 Å². The predicted molar refractivity (Wildman–Crippen MR) is 117 cm³/mol. The van der Waals surface area contributed by atoms with E-state index in [4.69, 9.17) is 16.1 Å². The molecule has 0 atom stereocenters. The zero-order valence-corrected chi connectivity index (χ0v) is 18.7. The fourth-order valence-electron chi connectivity index (χ4n) is 2.00. The molecule has 152 valence electrons. The Morgan fingerprint density at radius 2 is 2.04 bits per heavy atom. The molecule has 2 heterocycles. The number of hydrogen-bond acceptors (Lipinski definition) is 9. The van der Waals surface area contributed by atoms with Crippen LogP contribution in [0.3, 0.4) is 0 Å². The Kier molecular flexibility index (Phi) is 10.5. The first kappa shape index (κ1) is 22.9. The summed E-state index contributed by atoms with van der Waals surface area (Å²) in [5, 5.41) is 21.3. The second-order valence-corrected chi connectivity index (χ2v) is 8.76. The highest BCUT2D eigenvalue weighted by Gasteiger charge is 2.05. The Bertz CT molecular complexity index is 793. The number of thioether (sulfide) groups is 2. The van der Waals surface area contributed by atoms with Gasteiger partial charge in [0, 0.05) is 42.6 Å². The highest BCUT2D eigenvalue weighted by Crippen LogP contribution is 2.18.